The Kier molecular flexibility index (Phi) is 7.25. The lowest BCUT2D eigenvalue weighted by Crippen LogP contribution is -2.13. The summed E-state index contributed by atoms with van der Waals surface area (Å²) in [4.78, 5) is 11.7. The van der Waals surface area contributed by atoms with E-state index in [2.05, 4.69) is 0 Å². The van der Waals surface area contributed by atoms with E-state index in [4.69, 9.17) is 31.5 Å². The van der Waals surface area contributed by atoms with Crippen LogP contribution in [0.5, 0.6) is 0 Å². The minimum Gasteiger partial charge on any atom is -0.460 e. The van der Waals surface area contributed by atoms with Crippen LogP contribution in [0.2, 0.25) is 5.02 Å². The zero-order valence-electron chi connectivity index (χ0n) is 10.9. The van der Waals surface area contributed by atoms with E-state index < -0.39 is 5.97 Å². The van der Waals surface area contributed by atoms with Crippen LogP contribution >= 0.6 is 11.6 Å². The van der Waals surface area contributed by atoms with E-state index in [9.17, 15) is 4.79 Å². The molecule has 0 fully saturated rings. The number of carbonyl (C=O) groups excluding carboxylic acids is 1. The second-order valence-corrected chi connectivity index (χ2v) is 4.09. The van der Waals surface area contributed by atoms with Crippen molar-refractivity contribution < 1.29 is 19.0 Å². The van der Waals surface area contributed by atoms with Gasteiger partial charge >= 0.3 is 5.97 Å². The molecule has 0 spiro atoms. The highest BCUT2D eigenvalue weighted by Gasteiger charge is 2.11. The number of carbonyl (C=O) groups is 1. The summed E-state index contributed by atoms with van der Waals surface area (Å²) in [6.45, 7) is 4.06. The van der Waals surface area contributed by atoms with Gasteiger partial charge in [-0.05, 0) is 25.1 Å². The van der Waals surface area contributed by atoms with Gasteiger partial charge in [0, 0.05) is 12.3 Å². The molecule has 106 valence electrons. The summed E-state index contributed by atoms with van der Waals surface area (Å²) in [5.41, 5.74) is 6.31. The molecular weight excluding hydrogens is 270 g/mol. The van der Waals surface area contributed by atoms with Gasteiger partial charge in [-0.15, -0.1) is 0 Å². The Balaban J connectivity index is 2.26. The maximum absolute atomic E-state index is 11.7. The van der Waals surface area contributed by atoms with Crippen LogP contribution in [-0.2, 0) is 14.2 Å². The van der Waals surface area contributed by atoms with Gasteiger partial charge < -0.3 is 19.9 Å². The normalized spacial score (nSPS) is 10.4. The number of anilines is 1. The van der Waals surface area contributed by atoms with Crippen LogP contribution < -0.4 is 5.73 Å². The summed E-state index contributed by atoms with van der Waals surface area (Å²) < 4.78 is 15.3. The Bertz CT molecular complexity index is 412. The highest BCUT2D eigenvalue weighted by atomic mass is 35.5. The summed E-state index contributed by atoms with van der Waals surface area (Å²) in [5, 5.41) is 0.316. The molecule has 0 aliphatic rings. The highest BCUT2D eigenvalue weighted by molar-refractivity contribution is 6.33. The molecule has 19 heavy (non-hydrogen) atoms. The average molecular weight is 288 g/mol. The van der Waals surface area contributed by atoms with Crippen LogP contribution in [0.4, 0.5) is 5.69 Å². The van der Waals surface area contributed by atoms with Crippen molar-refractivity contribution in [3.05, 3.63) is 28.8 Å². The van der Waals surface area contributed by atoms with Crippen LogP contribution in [0.15, 0.2) is 18.2 Å². The molecule has 0 saturated heterocycles. The summed E-state index contributed by atoms with van der Waals surface area (Å²) in [7, 11) is 0. The van der Waals surface area contributed by atoms with Gasteiger partial charge in [0.15, 0.2) is 0 Å². The third-order valence-corrected chi connectivity index (χ3v) is 2.58. The molecule has 1 rings (SSSR count). The number of hydrogen-bond acceptors (Lipinski definition) is 5. The molecule has 0 aromatic heterocycles. The van der Waals surface area contributed by atoms with E-state index in [0.29, 0.717) is 37.1 Å². The maximum Gasteiger partial charge on any atom is 0.339 e. The fourth-order valence-electron chi connectivity index (χ4n) is 1.33. The van der Waals surface area contributed by atoms with Crippen LogP contribution in [0.25, 0.3) is 0 Å². The van der Waals surface area contributed by atoms with Crippen molar-refractivity contribution in [1.82, 2.24) is 0 Å². The van der Waals surface area contributed by atoms with Crippen LogP contribution in [0.3, 0.4) is 0 Å². The lowest BCUT2D eigenvalue weighted by atomic mass is 10.2. The third-order valence-electron chi connectivity index (χ3n) is 2.25. The fourth-order valence-corrected chi connectivity index (χ4v) is 1.53. The molecule has 0 heterocycles. The van der Waals surface area contributed by atoms with Crippen molar-refractivity contribution in [3.63, 3.8) is 0 Å². The quantitative estimate of drug-likeness (QED) is 0.450. The molecule has 0 unspecified atom stereocenters. The predicted octanol–water partition coefficient (Wildman–Crippen LogP) is 2.13. The zero-order valence-corrected chi connectivity index (χ0v) is 11.6. The first kappa shape index (κ1) is 15.8. The number of nitrogens with two attached hydrogens (primary N) is 1. The molecule has 0 amide bonds. The number of esters is 1. The second kappa shape index (κ2) is 8.74. The number of hydrogen-bond donors (Lipinski definition) is 1. The predicted molar refractivity (Wildman–Crippen MR) is 73.5 cm³/mol. The van der Waals surface area contributed by atoms with E-state index >= 15 is 0 Å². The lowest BCUT2D eigenvalue weighted by Gasteiger charge is -2.07. The molecule has 0 saturated carbocycles. The molecule has 0 atom stereocenters. The number of nitrogen functional groups attached to an aromatic ring is 1. The van der Waals surface area contributed by atoms with E-state index in [0.717, 1.165) is 0 Å². The molecule has 1 aromatic carbocycles. The Morgan fingerprint density at radius 2 is 1.89 bits per heavy atom. The van der Waals surface area contributed by atoms with Crippen molar-refractivity contribution in [2.75, 3.05) is 38.8 Å². The Labute approximate surface area is 117 Å². The first-order valence-electron chi connectivity index (χ1n) is 6.02. The second-order valence-electron chi connectivity index (χ2n) is 3.68. The molecular formula is C13H18ClNO4. The van der Waals surface area contributed by atoms with Gasteiger partial charge in [-0.25, -0.2) is 4.79 Å². The standard InChI is InChI=1S/C13H18ClNO4/c1-2-17-5-6-18-7-8-19-13(16)11-9-10(15)3-4-12(11)14/h3-4,9H,2,5-8,15H2,1H3. The van der Waals surface area contributed by atoms with Gasteiger partial charge in [0.2, 0.25) is 0 Å². The minimum absolute atomic E-state index is 0.163. The monoisotopic (exact) mass is 287 g/mol. The number of rotatable bonds is 8. The Morgan fingerprint density at radius 3 is 2.63 bits per heavy atom. The molecule has 0 bridgehead atoms. The summed E-state index contributed by atoms with van der Waals surface area (Å²) >= 11 is 5.88. The molecule has 1 aromatic rings. The lowest BCUT2D eigenvalue weighted by molar-refractivity contribution is 0.0164. The molecule has 0 aliphatic carbocycles. The third kappa shape index (κ3) is 5.92. The fraction of sp³-hybridized carbons (Fsp3) is 0.462. The van der Waals surface area contributed by atoms with Crippen molar-refractivity contribution >= 4 is 23.3 Å². The maximum atomic E-state index is 11.7. The molecule has 0 aliphatic heterocycles. The van der Waals surface area contributed by atoms with Crippen molar-refractivity contribution in [1.29, 1.82) is 0 Å². The van der Waals surface area contributed by atoms with Gasteiger partial charge in [0.05, 0.1) is 30.4 Å². The summed E-state index contributed by atoms with van der Waals surface area (Å²) in [6.07, 6.45) is 0. The topological polar surface area (TPSA) is 70.8 Å². The van der Waals surface area contributed by atoms with E-state index in [1.807, 2.05) is 6.92 Å². The number of benzene rings is 1. The molecule has 0 radical (unpaired) electrons. The largest absolute Gasteiger partial charge is 0.460 e. The van der Waals surface area contributed by atoms with Gasteiger partial charge in [0.25, 0.3) is 0 Å². The van der Waals surface area contributed by atoms with E-state index in [1.54, 1.807) is 12.1 Å². The Morgan fingerprint density at radius 1 is 1.21 bits per heavy atom. The van der Waals surface area contributed by atoms with Crippen LogP contribution in [-0.4, -0.2) is 39.0 Å². The van der Waals surface area contributed by atoms with Crippen molar-refractivity contribution in [3.8, 4) is 0 Å². The SMILES string of the molecule is CCOCCOCCOC(=O)c1cc(N)ccc1Cl. The Hall–Kier alpha value is -1.30. The summed E-state index contributed by atoms with van der Waals surface area (Å²) in [5.74, 6) is -0.509. The van der Waals surface area contributed by atoms with Crippen LogP contribution in [0, 0.1) is 0 Å². The minimum atomic E-state index is -0.509. The van der Waals surface area contributed by atoms with Gasteiger partial charge in [0.1, 0.15) is 6.61 Å². The van der Waals surface area contributed by atoms with Gasteiger partial charge in [-0.1, -0.05) is 11.6 Å². The number of halogens is 1. The van der Waals surface area contributed by atoms with Crippen LogP contribution in [0.1, 0.15) is 17.3 Å². The molecule has 5 nitrogen and oxygen atoms in total. The van der Waals surface area contributed by atoms with E-state index in [1.165, 1.54) is 6.07 Å². The average Bonchev–Trinajstić information content (AvgIpc) is 2.40. The number of ether oxygens (including phenoxy) is 3. The first-order valence-corrected chi connectivity index (χ1v) is 6.40. The van der Waals surface area contributed by atoms with E-state index in [-0.39, 0.29) is 12.2 Å². The summed E-state index contributed by atoms with van der Waals surface area (Å²) in [6, 6.07) is 4.67. The van der Waals surface area contributed by atoms with Crippen molar-refractivity contribution in [2.24, 2.45) is 0 Å². The first-order chi connectivity index (χ1) is 9.15. The van der Waals surface area contributed by atoms with Gasteiger partial charge in [-0.2, -0.15) is 0 Å². The highest BCUT2D eigenvalue weighted by Crippen LogP contribution is 2.19. The molecule has 2 N–H and O–H groups in total. The van der Waals surface area contributed by atoms with Crippen molar-refractivity contribution in [2.45, 2.75) is 6.92 Å². The smallest absolute Gasteiger partial charge is 0.339 e. The van der Waals surface area contributed by atoms with Gasteiger partial charge in [-0.3, -0.25) is 0 Å². The molecule has 6 heteroatoms. The zero-order chi connectivity index (χ0) is 14.1.